The van der Waals surface area contributed by atoms with Crippen LogP contribution < -0.4 is 5.32 Å². The monoisotopic (exact) mass is 515 g/mol. The van der Waals surface area contributed by atoms with Gasteiger partial charge in [0.2, 0.25) is 5.91 Å². The molecule has 212 valence electrons. The Morgan fingerprint density at radius 1 is 0.919 bits per heavy atom. The number of nitrogens with one attached hydrogen (secondary N) is 1. The summed E-state index contributed by atoms with van der Waals surface area (Å²) in [6, 6.07) is 0. The van der Waals surface area contributed by atoms with Crippen LogP contribution in [0.15, 0.2) is 0 Å². The van der Waals surface area contributed by atoms with Gasteiger partial charge in [-0.3, -0.25) is 4.79 Å². The molecule has 5 saturated carbocycles. The molecule has 4 nitrogen and oxygen atoms in total. The molecule has 0 saturated heterocycles. The van der Waals surface area contributed by atoms with Crippen LogP contribution in [0.4, 0.5) is 0 Å². The first-order valence-corrected chi connectivity index (χ1v) is 16.2. The number of amides is 1. The summed E-state index contributed by atoms with van der Waals surface area (Å²) in [5.41, 5.74) is 0.418. The molecule has 3 N–H and O–H groups in total. The van der Waals surface area contributed by atoms with Gasteiger partial charge in [0.15, 0.2) is 0 Å². The quantitative estimate of drug-likeness (QED) is 0.338. The third-order valence-electron chi connectivity index (χ3n) is 13.6. The van der Waals surface area contributed by atoms with Gasteiger partial charge in [-0.05, 0) is 122 Å². The van der Waals surface area contributed by atoms with Crippen LogP contribution in [0.3, 0.4) is 0 Å². The summed E-state index contributed by atoms with van der Waals surface area (Å²) in [4.78, 5) is 12.7. The van der Waals surface area contributed by atoms with Crippen molar-refractivity contribution in [3.8, 4) is 0 Å². The Morgan fingerprint density at radius 3 is 2.38 bits per heavy atom. The molecule has 10 atom stereocenters. The first kappa shape index (κ1) is 27.9. The number of aliphatic hydroxyl groups excluding tert-OH is 2. The minimum atomic E-state index is -0.246. The fourth-order valence-electron chi connectivity index (χ4n) is 11.0. The van der Waals surface area contributed by atoms with Crippen LogP contribution in [-0.4, -0.2) is 34.9 Å². The Hall–Kier alpha value is -0.610. The molecule has 37 heavy (non-hydrogen) atoms. The van der Waals surface area contributed by atoms with Crippen molar-refractivity contribution < 1.29 is 15.0 Å². The highest BCUT2D eigenvalue weighted by Crippen LogP contribution is 2.71. The van der Waals surface area contributed by atoms with Gasteiger partial charge < -0.3 is 15.5 Å². The molecule has 0 radical (unpaired) electrons. The summed E-state index contributed by atoms with van der Waals surface area (Å²) in [7, 11) is 0. The molecule has 5 rings (SSSR count). The normalized spacial score (nSPS) is 47.3. The van der Waals surface area contributed by atoms with E-state index in [1.54, 1.807) is 0 Å². The molecular formula is C33H57NO3. The zero-order valence-electron chi connectivity index (χ0n) is 24.4. The van der Waals surface area contributed by atoms with Crippen molar-refractivity contribution >= 4 is 5.91 Å². The van der Waals surface area contributed by atoms with Gasteiger partial charge >= 0.3 is 0 Å². The summed E-state index contributed by atoms with van der Waals surface area (Å²) in [6.45, 7) is 10.6. The first-order valence-electron chi connectivity index (χ1n) is 16.2. The summed E-state index contributed by atoms with van der Waals surface area (Å²) >= 11 is 0. The summed E-state index contributed by atoms with van der Waals surface area (Å²) in [5, 5.41) is 25.6. The maximum absolute atomic E-state index is 12.7. The zero-order valence-corrected chi connectivity index (χ0v) is 24.4. The van der Waals surface area contributed by atoms with Crippen LogP contribution in [0, 0.1) is 51.8 Å². The van der Waals surface area contributed by atoms with E-state index in [4.69, 9.17) is 0 Å². The Morgan fingerprint density at radius 2 is 1.65 bits per heavy atom. The van der Waals surface area contributed by atoms with E-state index in [9.17, 15) is 15.0 Å². The van der Waals surface area contributed by atoms with Gasteiger partial charge in [-0.25, -0.2) is 0 Å². The predicted molar refractivity (Wildman–Crippen MR) is 150 cm³/mol. The molecule has 0 spiro atoms. The van der Waals surface area contributed by atoms with Crippen molar-refractivity contribution in [3.05, 3.63) is 0 Å². The number of fused-ring (bicyclic) bond motifs is 5. The van der Waals surface area contributed by atoms with Crippen molar-refractivity contribution in [2.75, 3.05) is 6.54 Å². The lowest BCUT2D eigenvalue weighted by molar-refractivity contribution is -0.201. The predicted octanol–water partition coefficient (Wildman–Crippen LogP) is 6.87. The van der Waals surface area contributed by atoms with Gasteiger partial charge in [-0.1, -0.05) is 53.4 Å². The van der Waals surface area contributed by atoms with Gasteiger partial charge in [0.1, 0.15) is 0 Å². The van der Waals surface area contributed by atoms with E-state index >= 15 is 0 Å². The molecule has 1 amide bonds. The molecule has 5 aliphatic rings. The van der Waals surface area contributed by atoms with Crippen molar-refractivity contribution in [2.45, 2.75) is 143 Å². The van der Waals surface area contributed by atoms with Crippen molar-refractivity contribution in [1.82, 2.24) is 5.32 Å². The Balaban J connectivity index is 1.20. The van der Waals surface area contributed by atoms with Gasteiger partial charge in [0.05, 0.1) is 12.2 Å². The van der Waals surface area contributed by atoms with Crippen molar-refractivity contribution in [1.29, 1.82) is 0 Å². The maximum atomic E-state index is 12.7. The number of aliphatic hydroxyl groups is 2. The van der Waals surface area contributed by atoms with E-state index in [2.05, 4.69) is 33.0 Å². The molecule has 4 heteroatoms. The van der Waals surface area contributed by atoms with Crippen molar-refractivity contribution in [3.63, 3.8) is 0 Å². The highest BCUT2D eigenvalue weighted by atomic mass is 16.3. The minimum absolute atomic E-state index is 0.0182. The molecule has 0 heterocycles. The van der Waals surface area contributed by atoms with E-state index in [0.29, 0.717) is 41.9 Å². The van der Waals surface area contributed by atoms with E-state index in [0.717, 1.165) is 38.6 Å². The highest BCUT2D eigenvalue weighted by molar-refractivity contribution is 5.75. The fraction of sp³-hybridized carbons (Fsp3) is 0.970. The number of rotatable bonds is 6. The van der Waals surface area contributed by atoms with E-state index < -0.39 is 0 Å². The zero-order chi connectivity index (χ0) is 26.4. The van der Waals surface area contributed by atoms with Crippen LogP contribution in [0.5, 0.6) is 0 Å². The Bertz CT molecular complexity index is 807. The summed E-state index contributed by atoms with van der Waals surface area (Å²) in [5.74, 6) is 3.79. The second-order valence-corrected chi connectivity index (χ2v) is 15.3. The lowest BCUT2D eigenvalue weighted by Crippen LogP contribution is -2.61. The SMILES string of the molecule is C[C@H](CCC(=O)NCC1CCCCCC1)[C@H]1CCC2C3CC[C@]4(C)C[C@H](O)CC[C@]4(C)C3C[C@H](O)[C@@]21C. The second kappa shape index (κ2) is 10.8. The number of carbonyl (C=O) groups excluding carboxylic acids is 1. The minimum Gasteiger partial charge on any atom is -0.393 e. The van der Waals surface area contributed by atoms with Gasteiger partial charge in [-0.2, -0.15) is 0 Å². The standard InChI is InChI=1S/C33H57NO3/c1-22(11-14-30(37)34-21-23-9-7-5-6-8-10-23)26-12-13-27-25-16-17-31(2)20-24(35)15-18-32(31,3)28(25)19-29(36)33(26,27)4/h22-29,35-36H,5-21H2,1-4H3,(H,34,37)/t22-,24-,25?,26-,27?,28?,29+,31-,32-,33-/m1/s1. The average Bonchev–Trinajstić information content (AvgIpc) is 3.03. The molecule has 0 bridgehead atoms. The Kier molecular flexibility index (Phi) is 8.12. The number of hydrogen-bond donors (Lipinski definition) is 3. The lowest BCUT2D eigenvalue weighted by atomic mass is 9.39. The molecule has 5 aliphatic carbocycles. The summed E-state index contributed by atoms with van der Waals surface area (Å²) in [6.07, 6.45) is 17.9. The summed E-state index contributed by atoms with van der Waals surface area (Å²) < 4.78 is 0. The van der Waals surface area contributed by atoms with Crippen LogP contribution >= 0.6 is 0 Å². The average molecular weight is 516 g/mol. The number of hydrogen-bond acceptors (Lipinski definition) is 3. The van der Waals surface area contributed by atoms with Gasteiger partial charge in [-0.15, -0.1) is 0 Å². The lowest BCUT2D eigenvalue weighted by Gasteiger charge is -2.66. The molecule has 0 aromatic heterocycles. The third kappa shape index (κ3) is 4.94. The largest absolute Gasteiger partial charge is 0.393 e. The highest BCUT2D eigenvalue weighted by Gasteiger charge is 2.66. The molecular weight excluding hydrogens is 458 g/mol. The second-order valence-electron chi connectivity index (χ2n) is 15.3. The van der Waals surface area contributed by atoms with Crippen LogP contribution in [0.2, 0.25) is 0 Å². The maximum Gasteiger partial charge on any atom is 0.220 e. The van der Waals surface area contributed by atoms with Crippen LogP contribution in [0.25, 0.3) is 0 Å². The van der Waals surface area contributed by atoms with Crippen LogP contribution in [0.1, 0.15) is 130 Å². The van der Waals surface area contributed by atoms with E-state index in [1.165, 1.54) is 64.2 Å². The molecule has 3 unspecified atom stereocenters. The molecule has 0 aromatic carbocycles. The molecule has 5 fully saturated rings. The van der Waals surface area contributed by atoms with Gasteiger partial charge in [0.25, 0.3) is 0 Å². The fourth-order valence-corrected chi connectivity index (χ4v) is 11.0. The topological polar surface area (TPSA) is 69.6 Å². The number of carbonyl (C=O) groups is 1. The first-order chi connectivity index (χ1) is 17.6. The van der Waals surface area contributed by atoms with E-state index in [-0.39, 0.29) is 34.4 Å². The van der Waals surface area contributed by atoms with Crippen LogP contribution in [-0.2, 0) is 4.79 Å². The van der Waals surface area contributed by atoms with Gasteiger partial charge in [0, 0.05) is 13.0 Å². The molecule has 0 aliphatic heterocycles. The third-order valence-corrected chi connectivity index (χ3v) is 13.6. The Labute approximate surface area is 227 Å². The smallest absolute Gasteiger partial charge is 0.220 e. The molecule has 0 aromatic rings. The van der Waals surface area contributed by atoms with E-state index in [1.807, 2.05) is 0 Å². The van der Waals surface area contributed by atoms with Crippen molar-refractivity contribution in [2.24, 2.45) is 51.8 Å².